The molecule has 1 aromatic carbocycles. The van der Waals surface area contributed by atoms with E-state index >= 15 is 0 Å². The van der Waals surface area contributed by atoms with Crippen molar-refractivity contribution in [1.29, 1.82) is 0 Å². The van der Waals surface area contributed by atoms with Crippen LogP contribution in [0.1, 0.15) is 24.0 Å². The van der Waals surface area contributed by atoms with Crippen LogP contribution < -0.4 is 10.6 Å². The second-order valence-corrected chi connectivity index (χ2v) is 6.02. The fourth-order valence-corrected chi connectivity index (χ4v) is 2.78. The van der Waals surface area contributed by atoms with E-state index in [2.05, 4.69) is 0 Å². The Balaban J connectivity index is 2.20. The second-order valence-electron chi connectivity index (χ2n) is 5.58. The lowest BCUT2D eigenvalue weighted by atomic mass is 9.93. The number of hydrogen-bond acceptors (Lipinski definition) is 4. The average molecular weight is 294 g/mol. The summed E-state index contributed by atoms with van der Waals surface area (Å²) < 4.78 is 5.31. The van der Waals surface area contributed by atoms with E-state index in [1.807, 2.05) is 37.1 Å². The molecule has 1 fully saturated rings. The Bertz CT molecular complexity index is 499. The summed E-state index contributed by atoms with van der Waals surface area (Å²) in [5, 5.41) is 10.6. The molecule has 0 aliphatic carbocycles. The van der Waals surface area contributed by atoms with Gasteiger partial charge in [-0.1, -0.05) is 23.8 Å². The number of nitrogens with zero attached hydrogens (tertiary/aromatic N) is 1. The highest BCUT2D eigenvalue weighted by atomic mass is 32.1. The van der Waals surface area contributed by atoms with Gasteiger partial charge in [0.1, 0.15) is 4.99 Å². The van der Waals surface area contributed by atoms with E-state index in [1.165, 1.54) is 0 Å². The maximum atomic E-state index is 10.6. The summed E-state index contributed by atoms with van der Waals surface area (Å²) in [4.78, 5) is 2.41. The molecule has 0 atom stereocenters. The molecule has 0 unspecified atom stereocenters. The van der Waals surface area contributed by atoms with E-state index in [-0.39, 0.29) is 0 Å². The van der Waals surface area contributed by atoms with Gasteiger partial charge in [0, 0.05) is 50.9 Å². The van der Waals surface area contributed by atoms with Gasteiger partial charge in [0.05, 0.1) is 5.60 Å². The molecule has 1 aliphatic heterocycles. The fraction of sp³-hybridized carbons (Fsp3) is 0.533. The highest BCUT2D eigenvalue weighted by Crippen LogP contribution is 2.26. The monoisotopic (exact) mass is 294 g/mol. The molecule has 0 radical (unpaired) electrons. The number of rotatable bonds is 4. The summed E-state index contributed by atoms with van der Waals surface area (Å²) in [6.45, 7) is 3.79. The number of hydrogen-bond donors (Lipinski definition) is 2. The minimum atomic E-state index is -0.703. The quantitative estimate of drug-likeness (QED) is 0.826. The van der Waals surface area contributed by atoms with Crippen molar-refractivity contribution in [2.24, 2.45) is 5.73 Å². The van der Waals surface area contributed by atoms with Crippen molar-refractivity contribution in [1.82, 2.24) is 0 Å². The predicted octanol–water partition coefficient (Wildman–Crippen LogP) is 1.61. The zero-order chi connectivity index (χ0) is 14.8. The van der Waals surface area contributed by atoms with E-state index in [0.29, 0.717) is 37.6 Å². The third-order valence-electron chi connectivity index (χ3n) is 3.78. The summed E-state index contributed by atoms with van der Waals surface area (Å²) in [6, 6.07) is 6.02. The van der Waals surface area contributed by atoms with Crippen molar-refractivity contribution in [2.45, 2.75) is 25.4 Å². The summed E-state index contributed by atoms with van der Waals surface area (Å²) in [6.07, 6.45) is 1.32. The third kappa shape index (κ3) is 3.48. The van der Waals surface area contributed by atoms with Crippen molar-refractivity contribution in [3.05, 3.63) is 29.3 Å². The number of aliphatic hydroxyl groups is 1. The van der Waals surface area contributed by atoms with Gasteiger partial charge in [-0.3, -0.25) is 0 Å². The van der Waals surface area contributed by atoms with Gasteiger partial charge in [0.2, 0.25) is 0 Å². The van der Waals surface area contributed by atoms with Crippen LogP contribution >= 0.6 is 12.2 Å². The number of anilines is 1. The standard InChI is InChI=1S/C15H22N2O2S/c1-11-3-4-13(12(9-11)14(16)20)17(2)10-15(18)5-7-19-8-6-15/h3-4,9,18H,5-8,10H2,1-2H3,(H2,16,20). The molecular weight excluding hydrogens is 272 g/mol. The molecule has 1 heterocycles. The SMILES string of the molecule is Cc1ccc(N(C)CC2(O)CCOCC2)c(C(N)=S)c1. The first kappa shape index (κ1) is 15.2. The third-order valence-corrected chi connectivity index (χ3v) is 4.00. The van der Waals surface area contributed by atoms with E-state index in [9.17, 15) is 5.11 Å². The Morgan fingerprint density at radius 1 is 1.45 bits per heavy atom. The average Bonchev–Trinajstić information content (AvgIpc) is 2.38. The number of aryl methyl sites for hydroxylation is 1. The molecule has 1 saturated heterocycles. The lowest BCUT2D eigenvalue weighted by Gasteiger charge is -2.36. The van der Waals surface area contributed by atoms with Gasteiger partial charge in [0.15, 0.2) is 0 Å². The van der Waals surface area contributed by atoms with Crippen LogP contribution in [0.4, 0.5) is 5.69 Å². The van der Waals surface area contributed by atoms with Crippen LogP contribution in [0.3, 0.4) is 0 Å². The maximum Gasteiger partial charge on any atom is 0.106 e. The van der Waals surface area contributed by atoms with E-state index in [0.717, 1.165) is 16.8 Å². The summed E-state index contributed by atoms with van der Waals surface area (Å²) in [5.74, 6) is 0. The van der Waals surface area contributed by atoms with Crippen molar-refractivity contribution in [3.63, 3.8) is 0 Å². The van der Waals surface area contributed by atoms with Gasteiger partial charge in [-0.15, -0.1) is 0 Å². The van der Waals surface area contributed by atoms with Gasteiger partial charge in [-0.25, -0.2) is 0 Å². The van der Waals surface area contributed by atoms with Crippen LogP contribution in [0.5, 0.6) is 0 Å². The lowest BCUT2D eigenvalue weighted by Crippen LogP contribution is -2.46. The molecule has 4 nitrogen and oxygen atoms in total. The molecule has 0 amide bonds. The number of ether oxygens (including phenoxy) is 1. The minimum absolute atomic E-state index is 0.384. The Hall–Kier alpha value is -1.17. The van der Waals surface area contributed by atoms with Gasteiger partial charge < -0.3 is 20.5 Å². The van der Waals surface area contributed by atoms with Crippen LogP contribution in [-0.2, 0) is 4.74 Å². The number of thiocarbonyl (C=S) groups is 1. The van der Waals surface area contributed by atoms with Gasteiger partial charge in [-0.05, 0) is 19.1 Å². The molecule has 1 aromatic rings. The summed E-state index contributed by atoms with van der Waals surface area (Å²) in [7, 11) is 1.96. The molecular formula is C15H22N2O2S. The molecule has 0 saturated carbocycles. The van der Waals surface area contributed by atoms with Gasteiger partial charge in [-0.2, -0.15) is 0 Å². The first-order valence-corrected chi connectivity index (χ1v) is 7.24. The first-order valence-electron chi connectivity index (χ1n) is 6.83. The molecule has 20 heavy (non-hydrogen) atoms. The largest absolute Gasteiger partial charge is 0.389 e. The highest BCUT2D eigenvalue weighted by molar-refractivity contribution is 7.80. The van der Waals surface area contributed by atoms with Crippen LogP contribution in [0, 0.1) is 6.92 Å². The molecule has 3 N–H and O–H groups in total. The van der Waals surface area contributed by atoms with E-state index in [4.69, 9.17) is 22.7 Å². The Morgan fingerprint density at radius 3 is 2.70 bits per heavy atom. The Morgan fingerprint density at radius 2 is 2.10 bits per heavy atom. The van der Waals surface area contributed by atoms with E-state index < -0.39 is 5.60 Å². The molecule has 0 spiro atoms. The zero-order valence-electron chi connectivity index (χ0n) is 12.1. The normalized spacial score (nSPS) is 17.8. The number of likely N-dealkylation sites (N-methyl/N-ethyl adjacent to an activating group) is 1. The molecule has 2 rings (SSSR count). The summed E-state index contributed by atoms with van der Waals surface area (Å²) in [5.41, 5.74) is 8.05. The topological polar surface area (TPSA) is 58.7 Å². The fourth-order valence-electron chi connectivity index (χ4n) is 2.62. The number of nitrogens with two attached hydrogens (primary N) is 1. The predicted molar refractivity (Wildman–Crippen MR) is 85.3 cm³/mol. The minimum Gasteiger partial charge on any atom is -0.389 e. The first-order chi connectivity index (χ1) is 9.41. The smallest absolute Gasteiger partial charge is 0.106 e. The van der Waals surface area contributed by atoms with E-state index in [1.54, 1.807) is 0 Å². The Labute approximate surface area is 125 Å². The van der Waals surface area contributed by atoms with Crippen molar-refractivity contribution >= 4 is 22.9 Å². The van der Waals surface area contributed by atoms with Gasteiger partial charge >= 0.3 is 0 Å². The van der Waals surface area contributed by atoms with Crippen molar-refractivity contribution < 1.29 is 9.84 Å². The molecule has 1 aliphatic rings. The van der Waals surface area contributed by atoms with Crippen LogP contribution in [0.25, 0.3) is 0 Å². The van der Waals surface area contributed by atoms with Gasteiger partial charge in [0.25, 0.3) is 0 Å². The van der Waals surface area contributed by atoms with Crippen LogP contribution in [0.2, 0.25) is 0 Å². The summed E-state index contributed by atoms with van der Waals surface area (Å²) >= 11 is 5.13. The highest BCUT2D eigenvalue weighted by Gasteiger charge is 2.31. The zero-order valence-corrected chi connectivity index (χ0v) is 12.9. The maximum absolute atomic E-state index is 10.6. The molecule has 0 aromatic heterocycles. The number of benzene rings is 1. The van der Waals surface area contributed by atoms with Crippen molar-refractivity contribution in [2.75, 3.05) is 31.7 Å². The molecule has 110 valence electrons. The molecule has 0 bridgehead atoms. The lowest BCUT2D eigenvalue weighted by molar-refractivity contribution is -0.0572. The Kier molecular flexibility index (Phi) is 4.62. The second kappa shape index (κ2) is 6.08. The van der Waals surface area contributed by atoms with Crippen LogP contribution in [0.15, 0.2) is 18.2 Å². The molecule has 5 heteroatoms. The van der Waals surface area contributed by atoms with Crippen LogP contribution in [-0.4, -0.2) is 42.5 Å². The van der Waals surface area contributed by atoms with Crippen molar-refractivity contribution in [3.8, 4) is 0 Å².